The summed E-state index contributed by atoms with van der Waals surface area (Å²) in [5, 5.41) is 6.48. The maximum absolute atomic E-state index is 12.9. The summed E-state index contributed by atoms with van der Waals surface area (Å²) in [6.45, 7) is 1.99. The molecule has 196 valence electrons. The lowest BCUT2D eigenvalue weighted by Gasteiger charge is -2.23. The first-order chi connectivity index (χ1) is 18.2. The number of hydrogen-bond acceptors (Lipinski definition) is 7. The zero-order chi connectivity index (χ0) is 26.9. The van der Waals surface area contributed by atoms with Crippen LogP contribution >= 0.6 is 0 Å². The molecule has 38 heavy (non-hydrogen) atoms. The number of benzene rings is 2. The Balaban J connectivity index is 1.50. The van der Waals surface area contributed by atoms with Crippen molar-refractivity contribution in [1.82, 2.24) is 19.9 Å². The van der Waals surface area contributed by atoms with E-state index in [9.17, 15) is 22.8 Å². The molecular formula is C26H23F3N6O3. The molecule has 0 unspecified atom stereocenters. The average Bonchev–Trinajstić information content (AvgIpc) is 2.89. The summed E-state index contributed by atoms with van der Waals surface area (Å²) in [6.07, 6.45) is -0.203. The molecule has 4 N–H and O–H groups in total. The first-order valence-corrected chi connectivity index (χ1v) is 11.8. The third-order valence-electron chi connectivity index (χ3n) is 6.34. The Kier molecular flexibility index (Phi) is 6.72. The molecule has 0 spiro atoms. The number of anilines is 2. The summed E-state index contributed by atoms with van der Waals surface area (Å²) in [6, 6.07) is 12.9. The topological polar surface area (TPSA) is 124 Å². The van der Waals surface area contributed by atoms with Crippen molar-refractivity contribution in [2.75, 3.05) is 18.4 Å². The van der Waals surface area contributed by atoms with Gasteiger partial charge in [0.05, 0.1) is 5.39 Å². The lowest BCUT2D eigenvalue weighted by molar-refractivity contribution is -0.274. The summed E-state index contributed by atoms with van der Waals surface area (Å²) in [4.78, 5) is 33.5. The zero-order valence-electron chi connectivity index (χ0n) is 20.0. The van der Waals surface area contributed by atoms with Gasteiger partial charge in [-0.05, 0) is 73.8 Å². The molecule has 0 atom stereocenters. The van der Waals surface area contributed by atoms with E-state index in [1.807, 2.05) is 12.1 Å². The Bertz CT molecular complexity index is 1530. The Morgan fingerprint density at radius 2 is 1.76 bits per heavy atom. The summed E-state index contributed by atoms with van der Waals surface area (Å²) in [5.74, 6) is -0.696. The number of pyridine rings is 1. The van der Waals surface area contributed by atoms with Crippen molar-refractivity contribution < 1.29 is 22.7 Å². The molecule has 0 bridgehead atoms. The van der Waals surface area contributed by atoms with E-state index in [0.717, 1.165) is 43.8 Å². The molecule has 0 saturated carbocycles. The van der Waals surface area contributed by atoms with E-state index in [1.165, 1.54) is 34.7 Å². The Morgan fingerprint density at radius 3 is 2.39 bits per heavy atom. The van der Waals surface area contributed by atoms with E-state index < -0.39 is 23.4 Å². The van der Waals surface area contributed by atoms with Gasteiger partial charge in [0, 0.05) is 23.8 Å². The fourth-order valence-electron chi connectivity index (χ4n) is 4.47. The number of piperidine rings is 1. The number of halogens is 3. The maximum atomic E-state index is 12.9. The molecule has 5 rings (SSSR count). The summed E-state index contributed by atoms with van der Waals surface area (Å²) in [5.41, 5.74) is 6.86. The predicted octanol–water partition coefficient (Wildman–Crippen LogP) is 3.99. The highest BCUT2D eigenvalue weighted by molar-refractivity contribution is 5.96. The first-order valence-electron chi connectivity index (χ1n) is 11.8. The van der Waals surface area contributed by atoms with E-state index in [0.29, 0.717) is 11.6 Å². The zero-order valence-corrected chi connectivity index (χ0v) is 20.0. The second kappa shape index (κ2) is 10.1. The Hall–Kier alpha value is -4.45. The molecule has 9 nitrogen and oxygen atoms in total. The molecule has 1 aliphatic rings. The lowest BCUT2D eigenvalue weighted by atomic mass is 9.90. The number of ether oxygens (including phenoxy) is 1. The normalized spacial score (nSPS) is 14.4. The van der Waals surface area contributed by atoms with Gasteiger partial charge in [0.15, 0.2) is 5.65 Å². The number of carbonyl (C=O) groups is 1. The lowest BCUT2D eigenvalue weighted by Crippen LogP contribution is -2.26. The van der Waals surface area contributed by atoms with Gasteiger partial charge in [-0.1, -0.05) is 12.1 Å². The summed E-state index contributed by atoms with van der Waals surface area (Å²) < 4.78 is 43.0. The van der Waals surface area contributed by atoms with Crippen LogP contribution in [0.5, 0.6) is 5.75 Å². The van der Waals surface area contributed by atoms with Crippen LogP contribution in [0.3, 0.4) is 0 Å². The van der Waals surface area contributed by atoms with Crippen LogP contribution in [0, 0.1) is 0 Å². The van der Waals surface area contributed by atoms with Gasteiger partial charge < -0.3 is 25.7 Å². The fraction of sp³-hybridized carbons (Fsp3) is 0.231. The second-order valence-corrected chi connectivity index (χ2v) is 8.85. The number of nitrogens with two attached hydrogens (primary N) is 1. The number of aromatic nitrogens is 3. The van der Waals surface area contributed by atoms with Crippen LogP contribution in [0.1, 0.15) is 34.7 Å². The molecule has 0 radical (unpaired) electrons. The van der Waals surface area contributed by atoms with Crippen molar-refractivity contribution >= 4 is 28.6 Å². The second-order valence-electron chi connectivity index (χ2n) is 8.85. The van der Waals surface area contributed by atoms with Crippen LogP contribution in [0.15, 0.2) is 65.7 Å². The molecule has 1 amide bonds. The Morgan fingerprint density at radius 1 is 1.08 bits per heavy atom. The SMILES string of the molecule is NC(=O)c1cn(-c2ccc(OC(F)(F)F)cc2)c2nc(Nc3ccc(C4CCNCC4)cc3)ncc2c1=O. The van der Waals surface area contributed by atoms with Crippen LogP contribution in [0.25, 0.3) is 16.7 Å². The van der Waals surface area contributed by atoms with E-state index in [1.54, 1.807) is 0 Å². The van der Waals surface area contributed by atoms with Gasteiger partial charge in [-0.25, -0.2) is 4.98 Å². The van der Waals surface area contributed by atoms with Gasteiger partial charge in [-0.15, -0.1) is 13.2 Å². The van der Waals surface area contributed by atoms with E-state index in [4.69, 9.17) is 5.73 Å². The van der Waals surface area contributed by atoms with Crippen molar-refractivity contribution in [3.63, 3.8) is 0 Å². The molecule has 3 heterocycles. The van der Waals surface area contributed by atoms with Gasteiger partial charge in [-0.2, -0.15) is 4.98 Å². The minimum atomic E-state index is -4.84. The first kappa shape index (κ1) is 25.2. The number of fused-ring (bicyclic) bond motifs is 1. The van der Waals surface area contributed by atoms with Gasteiger partial charge in [0.2, 0.25) is 11.4 Å². The molecule has 12 heteroatoms. The van der Waals surface area contributed by atoms with Gasteiger partial charge in [0.1, 0.15) is 11.3 Å². The molecule has 4 aromatic rings. The van der Waals surface area contributed by atoms with E-state index in [2.05, 4.69) is 37.5 Å². The van der Waals surface area contributed by atoms with Crippen molar-refractivity contribution in [1.29, 1.82) is 0 Å². The third-order valence-corrected chi connectivity index (χ3v) is 6.34. The fourth-order valence-corrected chi connectivity index (χ4v) is 4.47. The number of amides is 1. The summed E-state index contributed by atoms with van der Waals surface area (Å²) >= 11 is 0. The van der Waals surface area contributed by atoms with Crippen LogP contribution in [0.2, 0.25) is 0 Å². The minimum absolute atomic E-state index is 0.0173. The van der Waals surface area contributed by atoms with Crippen molar-refractivity contribution in [2.45, 2.75) is 25.1 Å². The highest BCUT2D eigenvalue weighted by Crippen LogP contribution is 2.28. The average molecular weight is 525 g/mol. The number of nitrogens with zero attached hydrogens (tertiary/aromatic N) is 3. The molecule has 1 aliphatic heterocycles. The van der Waals surface area contributed by atoms with Gasteiger partial charge in [-0.3, -0.25) is 9.59 Å². The number of nitrogens with one attached hydrogen (secondary N) is 2. The quantitative estimate of drug-likeness (QED) is 0.348. The third kappa shape index (κ3) is 5.44. The number of rotatable bonds is 6. The van der Waals surface area contributed by atoms with Gasteiger partial charge in [0.25, 0.3) is 5.91 Å². The molecular weight excluding hydrogens is 501 g/mol. The van der Waals surface area contributed by atoms with Crippen molar-refractivity contribution in [3.8, 4) is 11.4 Å². The number of alkyl halides is 3. The molecule has 0 aliphatic carbocycles. The molecule has 2 aromatic carbocycles. The highest BCUT2D eigenvalue weighted by Gasteiger charge is 2.31. The number of carbonyl (C=O) groups excluding carboxylic acids is 1. The minimum Gasteiger partial charge on any atom is -0.406 e. The van der Waals surface area contributed by atoms with Gasteiger partial charge >= 0.3 is 6.36 Å². The predicted molar refractivity (Wildman–Crippen MR) is 135 cm³/mol. The van der Waals surface area contributed by atoms with Crippen molar-refractivity contribution in [2.24, 2.45) is 5.73 Å². The number of hydrogen-bond donors (Lipinski definition) is 3. The van der Waals surface area contributed by atoms with Crippen LogP contribution in [-0.2, 0) is 0 Å². The Labute approximate surface area is 214 Å². The smallest absolute Gasteiger partial charge is 0.406 e. The van der Waals surface area contributed by atoms with Crippen LogP contribution in [0.4, 0.5) is 24.8 Å². The largest absolute Gasteiger partial charge is 0.573 e. The van der Waals surface area contributed by atoms with Crippen LogP contribution < -0.4 is 26.5 Å². The monoisotopic (exact) mass is 524 g/mol. The van der Waals surface area contributed by atoms with Crippen LogP contribution in [-0.4, -0.2) is 39.9 Å². The highest BCUT2D eigenvalue weighted by atomic mass is 19.4. The van der Waals surface area contributed by atoms with E-state index >= 15 is 0 Å². The van der Waals surface area contributed by atoms with E-state index in [-0.39, 0.29) is 22.5 Å². The molecule has 2 aromatic heterocycles. The maximum Gasteiger partial charge on any atom is 0.573 e. The molecule has 1 saturated heterocycles. The number of primary amides is 1. The molecule has 1 fully saturated rings. The van der Waals surface area contributed by atoms with Crippen molar-refractivity contribution in [3.05, 3.63) is 82.3 Å². The standard InChI is InChI=1S/C26H23F3N6O3/c27-26(28,29)38-19-7-5-18(6-8-19)35-14-21(23(30)37)22(36)20-13-32-25(34-24(20)35)33-17-3-1-15(2-4-17)16-9-11-31-12-10-16/h1-8,13-14,16,31H,9-12H2,(H2,30,37)(H,32,33,34). The summed E-state index contributed by atoms with van der Waals surface area (Å²) in [7, 11) is 0.